The fourth-order valence-electron chi connectivity index (χ4n) is 2.21. The molecule has 0 amide bonds. The van der Waals surface area contributed by atoms with Gasteiger partial charge in [-0.1, -0.05) is 30.3 Å². The number of hydrogen-bond donors (Lipinski definition) is 3. The van der Waals surface area contributed by atoms with Crippen molar-refractivity contribution in [2.45, 2.75) is 37.3 Å². The lowest BCUT2D eigenvalue weighted by Crippen LogP contribution is -2.61. The van der Waals surface area contributed by atoms with Crippen LogP contribution in [0.25, 0.3) is 0 Å². The highest BCUT2D eigenvalue weighted by Gasteiger charge is 2.52. The molecule has 3 N–H and O–H groups in total. The number of benzene rings is 1. The van der Waals surface area contributed by atoms with Crippen LogP contribution in [-0.2, 0) is 16.1 Å². The van der Waals surface area contributed by atoms with Gasteiger partial charge in [0.1, 0.15) is 6.10 Å². The molecule has 2 rings (SSSR count). The van der Waals surface area contributed by atoms with E-state index in [-0.39, 0.29) is 6.61 Å². The van der Waals surface area contributed by atoms with Gasteiger partial charge < -0.3 is 24.8 Å². The van der Waals surface area contributed by atoms with Crippen LogP contribution < -0.4 is 0 Å². The Bertz CT molecular complexity index is 469. The van der Waals surface area contributed by atoms with E-state index in [1.807, 2.05) is 6.07 Å². The van der Waals surface area contributed by atoms with Crippen LogP contribution >= 0.6 is 0 Å². The van der Waals surface area contributed by atoms with Gasteiger partial charge in [-0.2, -0.15) is 0 Å². The van der Waals surface area contributed by atoms with E-state index in [0.717, 1.165) is 5.56 Å². The van der Waals surface area contributed by atoms with E-state index in [1.165, 1.54) is 0 Å². The molecule has 1 aliphatic rings. The van der Waals surface area contributed by atoms with E-state index in [9.17, 15) is 20.3 Å². The summed E-state index contributed by atoms with van der Waals surface area (Å²) in [7, 11) is 0. The summed E-state index contributed by atoms with van der Waals surface area (Å²) in [6.45, 7) is -0.523. The standard InChI is InChI=1S/C13H17NO7/c15-6-9-11(16)10(14(18)19)12(17)13(21-9)20-7-8-4-2-1-3-5-8/h1-5,9-13,15-17H,6-7H2/t9-,10?,11?,12?,13-/m1/s1. The van der Waals surface area contributed by atoms with Crippen LogP contribution in [0.1, 0.15) is 5.56 Å². The normalized spacial score (nSPS) is 32.8. The summed E-state index contributed by atoms with van der Waals surface area (Å²) in [5.41, 5.74) is 0.803. The molecule has 1 saturated heterocycles. The van der Waals surface area contributed by atoms with Crippen LogP contribution in [0.4, 0.5) is 0 Å². The first kappa shape index (κ1) is 15.8. The second-order valence-electron chi connectivity index (χ2n) is 4.78. The van der Waals surface area contributed by atoms with Crippen LogP contribution in [0, 0.1) is 10.1 Å². The molecule has 1 aliphatic heterocycles. The van der Waals surface area contributed by atoms with E-state index in [4.69, 9.17) is 14.6 Å². The molecule has 1 fully saturated rings. The fourth-order valence-corrected chi connectivity index (χ4v) is 2.21. The molecular formula is C13H17NO7. The zero-order valence-corrected chi connectivity index (χ0v) is 11.1. The van der Waals surface area contributed by atoms with Crippen LogP contribution in [0.5, 0.6) is 0 Å². The predicted molar refractivity (Wildman–Crippen MR) is 69.8 cm³/mol. The van der Waals surface area contributed by atoms with Gasteiger partial charge in [-0.3, -0.25) is 10.1 Å². The van der Waals surface area contributed by atoms with Crippen molar-refractivity contribution in [1.82, 2.24) is 0 Å². The number of nitrogens with zero attached hydrogens (tertiary/aromatic N) is 1. The minimum absolute atomic E-state index is 0.0846. The van der Waals surface area contributed by atoms with Gasteiger partial charge in [0, 0.05) is 4.92 Å². The topological polar surface area (TPSA) is 122 Å². The molecule has 1 aromatic rings. The van der Waals surface area contributed by atoms with Crippen LogP contribution in [0.3, 0.4) is 0 Å². The zero-order chi connectivity index (χ0) is 15.4. The molecule has 3 unspecified atom stereocenters. The van der Waals surface area contributed by atoms with Gasteiger partial charge >= 0.3 is 0 Å². The van der Waals surface area contributed by atoms with Crippen molar-refractivity contribution in [3.05, 3.63) is 46.0 Å². The Kier molecular flexibility index (Phi) is 5.21. The van der Waals surface area contributed by atoms with Crippen molar-refractivity contribution in [1.29, 1.82) is 0 Å². The first-order valence-corrected chi connectivity index (χ1v) is 6.46. The highest BCUT2D eigenvalue weighted by atomic mass is 16.7. The third-order valence-corrected chi connectivity index (χ3v) is 3.35. The molecule has 1 aromatic carbocycles. The van der Waals surface area contributed by atoms with Crippen LogP contribution in [-0.4, -0.2) is 57.5 Å². The molecule has 21 heavy (non-hydrogen) atoms. The first-order valence-electron chi connectivity index (χ1n) is 6.46. The summed E-state index contributed by atoms with van der Waals surface area (Å²) in [4.78, 5) is 10.2. The summed E-state index contributed by atoms with van der Waals surface area (Å²) in [6.07, 6.45) is -5.69. The molecule has 0 aliphatic carbocycles. The molecule has 0 aromatic heterocycles. The van der Waals surface area contributed by atoms with Gasteiger partial charge in [-0.05, 0) is 5.56 Å². The summed E-state index contributed by atoms with van der Waals surface area (Å²) in [6, 6.07) is 7.35. The lowest BCUT2D eigenvalue weighted by molar-refractivity contribution is -0.565. The molecule has 0 spiro atoms. The van der Waals surface area contributed by atoms with Crippen molar-refractivity contribution in [3.8, 4) is 0 Å². The quantitative estimate of drug-likeness (QED) is 0.484. The van der Waals surface area contributed by atoms with Gasteiger partial charge in [-0.25, -0.2) is 0 Å². The highest BCUT2D eigenvalue weighted by Crippen LogP contribution is 2.24. The minimum atomic E-state index is -1.67. The van der Waals surface area contributed by atoms with E-state index in [1.54, 1.807) is 24.3 Å². The molecule has 116 valence electrons. The molecule has 0 saturated carbocycles. The Labute approximate surface area is 120 Å². The van der Waals surface area contributed by atoms with Gasteiger partial charge in [0.05, 0.1) is 13.2 Å². The number of aliphatic hydroxyl groups excluding tert-OH is 3. The predicted octanol–water partition coefficient (Wildman–Crippen LogP) is -0.713. The van der Waals surface area contributed by atoms with Gasteiger partial charge in [0.15, 0.2) is 18.5 Å². The van der Waals surface area contributed by atoms with E-state index in [2.05, 4.69) is 0 Å². The second kappa shape index (κ2) is 6.92. The summed E-state index contributed by atoms with van der Waals surface area (Å²) < 4.78 is 10.5. The highest BCUT2D eigenvalue weighted by molar-refractivity contribution is 5.13. The van der Waals surface area contributed by atoms with Crippen LogP contribution in [0.2, 0.25) is 0 Å². The van der Waals surface area contributed by atoms with E-state index >= 15 is 0 Å². The zero-order valence-electron chi connectivity index (χ0n) is 11.1. The third kappa shape index (κ3) is 3.55. The maximum Gasteiger partial charge on any atom is 0.271 e. The summed E-state index contributed by atoms with van der Waals surface area (Å²) in [5, 5.41) is 39.7. The molecule has 0 bridgehead atoms. The average Bonchev–Trinajstić information content (AvgIpc) is 2.47. The van der Waals surface area contributed by atoms with Gasteiger partial charge in [0.2, 0.25) is 0 Å². The van der Waals surface area contributed by atoms with Crippen molar-refractivity contribution >= 4 is 0 Å². The number of aliphatic hydroxyl groups is 3. The van der Waals surface area contributed by atoms with Crippen molar-refractivity contribution in [3.63, 3.8) is 0 Å². The Morgan fingerprint density at radius 1 is 1.24 bits per heavy atom. The molecule has 5 atom stereocenters. The first-order chi connectivity index (χ1) is 10.0. The lowest BCUT2D eigenvalue weighted by atomic mass is 9.97. The second-order valence-corrected chi connectivity index (χ2v) is 4.78. The fraction of sp³-hybridized carbons (Fsp3) is 0.538. The summed E-state index contributed by atoms with van der Waals surface area (Å²) >= 11 is 0. The molecule has 8 heteroatoms. The Morgan fingerprint density at radius 2 is 1.90 bits per heavy atom. The van der Waals surface area contributed by atoms with E-state index < -0.39 is 42.2 Å². The monoisotopic (exact) mass is 299 g/mol. The Balaban J connectivity index is 2.05. The maximum absolute atomic E-state index is 10.9. The average molecular weight is 299 g/mol. The van der Waals surface area contributed by atoms with Crippen molar-refractivity contribution < 1.29 is 29.7 Å². The minimum Gasteiger partial charge on any atom is -0.394 e. The lowest BCUT2D eigenvalue weighted by Gasteiger charge is -2.37. The largest absolute Gasteiger partial charge is 0.394 e. The maximum atomic E-state index is 10.9. The van der Waals surface area contributed by atoms with E-state index in [0.29, 0.717) is 0 Å². The van der Waals surface area contributed by atoms with Crippen molar-refractivity contribution in [2.75, 3.05) is 6.61 Å². The molecule has 0 radical (unpaired) electrons. The smallest absolute Gasteiger partial charge is 0.271 e. The SMILES string of the molecule is O=[N+]([O-])C1C(O)[C@H](OCc2ccccc2)O[C@H](CO)C1O. The molecule has 8 nitrogen and oxygen atoms in total. The third-order valence-electron chi connectivity index (χ3n) is 3.35. The molecule has 1 heterocycles. The number of hydrogen-bond acceptors (Lipinski definition) is 7. The Morgan fingerprint density at radius 3 is 2.48 bits per heavy atom. The molecular weight excluding hydrogens is 282 g/mol. The summed E-state index contributed by atoms with van der Waals surface area (Å²) in [5.74, 6) is 0. The van der Waals surface area contributed by atoms with Crippen molar-refractivity contribution in [2.24, 2.45) is 0 Å². The Hall–Kier alpha value is -1.58. The van der Waals surface area contributed by atoms with Gasteiger partial charge in [0.25, 0.3) is 6.04 Å². The number of nitro groups is 1. The van der Waals surface area contributed by atoms with Crippen LogP contribution in [0.15, 0.2) is 30.3 Å². The number of rotatable bonds is 5. The number of ether oxygens (including phenoxy) is 2. The van der Waals surface area contributed by atoms with Gasteiger partial charge in [-0.15, -0.1) is 0 Å².